The van der Waals surface area contributed by atoms with Crippen LogP contribution in [0.15, 0.2) is 61.7 Å². The first-order valence-corrected chi connectivity index (χ1v) is 7.37. The second kappa shape index (κ2) is 12.7. The van der Waals surface area contributed by atoms with Crippen LogP contribution in [0.1, 0.15) is 0 Å². The van der Waals surface area contributed by atoms with Crippen molar-refractivity contribution < 1.29 is 30.0 Å². The van der Waals surface area contributed by atoms with E-state index in [1.165, 1.54) is 12.1 Å². The van der Waals surface area contributed by atoms with Crippen molar-refractivity contribution in [2.45, 2.75) is 0 Å². The fraction of sp³-hybridized carbons (Fsp3) is 0.111. The van der Waals surface area contributed by atoms with Gasteiger partial charge >= 0.3 is 11.9 Å². The molecule has 0 saturated carbocycles. The van der Waals surface area contributed by atoms with Gasteiger partial charge in [0.25, 0.3) is 0 Å². The largest absolute Gasteiger partial charge is 0.506 e. The number of carbonyl (C=O) groups is 2. The number of phenolic OH excluding ortho intramolecular Hbond substituents is 2. The van der Waals surface area contributed by atoms with Gasteiger partial charge in [0.05, 0.1) is 11.4 Å². The van der Waals surface area contributed by atoms with E-state index in [1.54, 1.807) is 36.4 Å². The summed E-state index contributed by atoms with van der Waals surface area (Å²) >= 11 is 0. The highest BCUT2D eigenvalue weighted by Crippen LogP contribution is 2.21. The monoisotopic (exact) mass is 362 g/mol. The maximum absolute atomic E-state index is 10.1. The summed E-state index contributed by atoms with van der Waals surface area (Å²) in [6, 6.07) is 13.0. The Balaban J connectivity index is 0.000000439. The molecular weight excluding hydrogens is 340 g/mol. The zero-order valence-corrected chi connectivity index (χ0v) is 14.1. The number of hydrogen-bond acceptors (Lipinski definition) is 6. The van der Waals surface area contributed by atoms with Crippen molar-refractivity contribution in [1.29, 1.82) is 0 Å². The Morgan fingerprint density at radius 2 is 1.04 bits per heavy atom. The SMILES string of the molecule is C=C.O=C(O)CNc1ccccc1O.O=C(O)CNc1ccccc1O. The lowest BCUT2D eigenvalue weighted by molar-refractivity contribution is -0.135. The zero-order chi connectivity index (χ0) is 19.9. The van der Waals surface area contributed by atoms with Crippen LogP contribution in [0, 0.1) is 0 Å². The lowest BCUT2D eigenvalue weighted by Gasteiger charge is -2.04. The number of rotatable bonds is 6. The highest BCUT2D eigenvalue weighted by molar-refractivity contribution is 5.74. The Bertz CT molecular complexity index is 646. The molecule has 2 aromatic carbocycles. The third kappa shape index (κ3) is 9.46. The molecule has 0 aliphatic heterocycles. The minimum absolute atomic E-state index is 0.0544. The number of hydrogen-bond donors (Lipinski definition) is 6. The summed E-state index contributed by atoms with van der Waals surface area (Å²) in [4.78, 5) is 20.3. The van der Waals surface area contributed by atoms with Crippen LogP contribution in [0.3, 0.4) is 0 Å². The Morgan fingerprint density at radius 3 is 1.31 bits per heavy atom. The molecule has 0 heterocycles. The van der Waals surface area contributed by atoms with Crippen molar-refractivity contribution in [3.8, 4) is 11.5 Å². The highest BCUT2D eigenvalue weighted by Gasteiger charge is 2.01. The van der Waals surface area contributed by atoms with Crippen LogP contribution >= 0.6 is 0 Å². The molecule has 0 spiro atoms. The number of nitrogens with one attached hydrogen (secondary N) is 2. The van der Waals surface area contributed by atoms with Gasteiger partial charge < -0.3 is 31.1 Å². The summed E-state index contributed by atoms with van der Waals surface area (Å²) in [5.74, 6) is -1.81. The van der Waals surface area contributed by atoms with Crippen molar-refractivity contribution >= 4 is 23.3 Å². The van der Waals surface area contributed by atoms with Crippen LogP contribution in [0.25, 0.3) is 0 Å². The molecule has 8 nitrogen and oxygen atoms in total. The molecule has 6 N–H and O–H groups in total. The van der Waals surface area contributed by atoms with Crippen molar-refractivity contribution in [3.63, 3.8) is 0 Å². The van der Waals surface area contributed by atoms with Crippen molar-refractivity contribution in [2.75, 3.05) is 23.7 Å². The molecule has 2 aromatic rings. The molecule has 0 amide bonds. The van der Waals surface area contributed by atoms with Crippen molar-refractivity contribution in [2.24, 2.45) is 0 Å². The Labute approximate surface area is 151 Å². The molecule has 0 aromatic heterocycles. The van der Waals surface area contributed by atoms with Gasteiger partial charge in [0.2, 0.25) is 0 Å². The van der Waals surface area contributed by atoms with Gasteiger partial charge in [-0.15, -0.1) is 13.2 Å². The molecule has 0 radical (unpaired) electrons. The molecule has 0 aliphatic rings. The van der Waals surface area contributed by atoms with Crippen LogP contribution in [0.2, 0.25) is 0 Å². The first-order valence-electron chi connectivity index (χ1n) is 7.37. The number of aromatic hydroxyl groups is 2. The predicted octanol–water partition coefficient (Wildman–Crippen LogP) is 2.58. The summed E-state index contributed by atoms with van der Waals surface area (Å²) in [5.41, 5.74) is 0.861. The van der Waals surface area contributed by atoms with E-state index in [0.29, 0.717) is 11.4 Å². The molecule has 8 heteroatoms. The van der Waals surface area contributed by atoms with Crippen LogP contribution in [-0.2, 0) is 9.59 Å². The van der Waals surface area contributed by atoms with E-state index in [2.05, 4.69) is 23.8 Å². The maximum atomic E-state index is 10.1. The van der Waals surface area contributed by atoms with Gasteiger partial charge in [0.15, 0.2) is 0 Å². The number of anilines is 2. The third-order valence-electron chi connectivity index (χ3n) is 2.67. The Hall–Kier alpha value is -3.68. The van der Waals surface area contributed by atoms with Gasteiger partial charge in [-0.3, -0.25) is 9.59 Å². The fourth-order valence-electron chi connectivity index (χ4n) is 1.59. The van der Waals surface area contributed by atoms with Crippen LogP contribution in [-0.4, -0.2) is 45.5 Å². The number of carboxylic acids is 2. The molecule has 140 valence electrons. The van der Waals surface area contributed by atoms with Crippen LogP contribution in [0.4, 0.5) is 11.4 Å². The summed E-state index contributed by atoms with van der Waals surface area (Å²) in [6.45, 7) is 5.61. The summed E-state index contributed by atoms with van der Waals surface area (Å²) in [6.07, 6.45) is 0. The number of benzene rings is 2. The molecule has 0 fully saturated rings. The molecule has 0 saturated heterocycles. The average Bonchev–Trinajstić information content (AvgIpc) is 2.62. The van der Waals surface area contributed by atoms with Gasteiger partial charge in [-0.2, -0.15) is 0 Å². The minimum atomic E-state index is -0.960. The zero-order valence-electron chi connectivity index (χ0n) is 14.1. The summed E-state index contributed by atoms with van der Waals surface area (Å²) in [7, 11) is 0. The summed E-state index contributed by atoms with van der Waals surface area (Å²) in [5, 5.41) is 40.1. The number of para-hydroxylation sites is 4. The Morgan fingerprint density at radius 1 is 0.731 bits per heavy atom. The van der Waals surface area contributed by atoms with Crippen molar-refractivity contribution in [3.05, 3.63) is 61.7 Å². The maximum Gasteiger partial charge on any atom is 0.322 e. The van der Waals surface area contributed by atoms with E-state index >= 15 is 0 Å². The van der Waals surface area contributed by atoms with Crippen LogP contribution in [0.5, 0.6) is 11.5 Å². The van der Waals surface area contributed by atoms with E-state index < -0.39 is 11.9 Å². The smallest absolute Gasteiger partial charge is 0.322 e. The quantitative estimate of drug-likeness (QED) is 0.340. The van der Waals surface area contributed by atoms with E-state index in [4.69, 9.17) is 20.4 Å². The normalized spacial score (nSPS) is 8.77. The topological polar surface area (TPSA) is 139 Å². The first-order chi connectivity index (χ1) is 12.4. The molecule has 0 atom stereocenters. The second-order valence-electron chi connectivity index (χ2n) is 4.53. The fourth-order valence-corrected chi connectivity index (χ4v) is 1.59. The Kier molecular flexibility index (Phi) is 10.9. The number of carboxylic acid groups (broad SMARTS) is 2. The van der Waals surface area contributed by atoms with Gasteiger partial charge in [-0.05, 0) is 24.3 Å². The standard InChI is InChI=1S/2C8H9NO3.C2H4/c2*10-7-4-2-1-3-6(7)9-5-8(11)12;1-2/h2*1-4,9-10H,5H2,(H,11,12);1-2H2. The molecule has 0 unspecified atom stereocenters. The van der Waals surface area contributed by atoms with Crippen LogP contribution < -0.4 is 10.6 Å². The third-order valence-corrected chi connectivity index (χ3v) is 2.67. The average molecular weight is 362 g/mol. The van der Waals surface area contributed by atoms with Gasteiger partial charge in [0, 0.05) is 0 Å². The number of phenols is 2. The van der Waals surface area contributed by atoms with E-state index in [0.717, 1.165) is 0 Å². The van der Waals surface area contributed by atoms with Gasteiger partial charge in [0.1, 0.15) is 24.6 Å². The molecule has 2 rings (SSSR count). The van der Waals surface area contributed by atoms with E-state index in [-0.39, 0.29) is 24.6 Å². The lowest BCUT2D eigenvalue weighted by Crippen LogP contribution is -2.12. The predicted molar refractivity (Wildman–Crippen MR) is 99.7 cm³/mol. The lowest BCUT2D eigenvalue weighted by atomic mass is 10.3. The van der Waals surface area contributed by atoms with Crippen molar-refractivity contribution in [1.82, 2.24) is 0 Å². The minimum Gasteiger partial charge on any atom is -0.506 e. The molecule has 0 bridgehead atoms. The summed E-state index contributed by atoms with van der Waals surface area (Å²) < 4.78 is 0. The van der Waals surface area contributed by atoms with Gasteiger partial charge in [-0.1, -0.05) is 24.3 Å². The van der Waals surface area contributed by atoms with Gasteiger partial charge in [-0.25, -0.2) is 0 Å². The first kappa shape index (κ1) is 22.3. The van der Waals surface area contributed by atoms with E-state index in [1.807, 2.05) is 0 Å². The second-order valence-corrected chi connectivity index (χ2v) is 4.53. The molecular formula is C18H22N2O6. The highest BCUT2D eigenvalue weighted by atomic mass is 16.4. The number of aliphatic carboxylic acids is 2. The molecule has 0 aliphatic carbocycles. The van der Waals surface area contributed by atoms with E-state index in [9.17, 15) is 9.59 Å². The molecule has 26 heavy (non-hydrogen) atoms.